The van der Waals surface area contributed by atoms with Crippen molar-refractivity contribution in [2.75, 3.05) is 19.3 Å². The van der Waals surface area contributed by atoms with Crippen LogP contribution in [0.2, 0.25) is 0 Å². The Labute approximate surface area is 117 Å². The van der Waals surface area contributed by atoms with Gasteiger partial charge in [0, 0.05) is 12.2 Å². The molecule has 19 heavy (non-hydrogen) atoms. The molecule has 0 fully saturated rings. The van der Waals surface area contributed by atoms with Gasteiger partial charge < -0.3 is 10.6 Å². The Morgan fingerprint density at radius 3 is 2.42 bits per heavy atom. The van der Waals surface area contributed by atoms with Crippen molar-refractivity contribution in [3.63, 3.8) is 0 Å². The third-order valence-electron chi connectivity index (χ3n) is 3.33. The summed E-state index contributed by atoms with van der Waals surface area (Å²) in [6.45, 7) is 6.02. The lowest BCUT2D eigenvalue weighted by Crippen LogP contribution is -2.19. The van der Waals surface area contributed by atoms with Crippen molar-refractivity contribution in [3.8, 4) is 6.07 Å². The lowest BCUT2D eigenvalue weighted by atomic mass is 9.89. The van der Waals surface area contributed by atoms with Gasteiger partial charge in [0.2, 0.25) is 0 Å². The zero-order valence-corrected chi connectivity index (χ0v) is 12.3. The van der Waals surface area contributed by atoms with Gasteiger partial charge in [-0.15, -0.1) is 0 Å². The molecule has 1 aromatic rings. The largest absolute Gasteiger partial charge is 0.399 e. The molecule has 0 amide bonds. The van der Waals surface area contributed by atoms with Gasteiger partial charge in [-0.25, -0.2) is 0 Å². The van der Waals surface area contributed by atoms with Crippen LogP contribution < -0.4 is 5.73 Å². The van der Waals surface area contributed by atoms with E-state index < -0.39 is 0 Å². The summed E-state index contributed by atoms with van der Waals surface area (Å²) in [6.07, 6.45) is 3.21. The normalized spacial score (nSPS) is 11.5. The second-order valence-corrected chi connectivity index (χ2v) is 5.93. The molecule has 104 valence electrons. The van der Waals surface area contributed by atoms with E-state index in [0.717, 1.165) is 38.0 Å². The first-order valence-electron chi connectivity index (χ1n) is 6.87. The number of hydrogen-bond acceptors (Lipinski definition) is 3. The van der Waals surface area contributed by atoms with E-state index >= 15 is 0 Å². The average molecular weight is 259 g/mol. The van der Waals surface area contributed by atoms with Gasteiger partial charge in [0.25, 0.3) is 0 Å². The highest BCUT2D eigenvalue weighted by atomic mass is 15.1. The number of hydrogen-bond donors (Lipinski definition) is 1. The Hall–Kier alpha value is -1.53. The van der Waals surface area contributed by atoms with Crippen LogP contribution in [0.1, 0.15) is 38.7 Å². The molecule has 1 rings (SSSR count). The van der Waals surface area contributed by atoms with Crippen LogP contribution in [0.5, 0.6) is 0 Å². The summed E-state index contributed by atoms with van der Waals surface area (Å²) in [6, 6.07) is 10.4. The minimum Gasteiger partial charge on any atom is -0.399 e. The first-order chi connectivity index (χ1) is 8.93. The van der Waals surface area contributed by atoms with Crippen LogP contribution in [-0.4, -0.2) is 18.5 Å². The van der Waals surface area contributed by atoms with E-state index in [0.29, 0.717) is 0 Å². The van der Waals surface area contributed by atoms with Gasteiger partial charge in [0.05, 0.1) is 11.5 Å². The Balaban J connectivity index is 2.23. The molecule has 1 aromatic carbocycles. The van der Waals surface area contributed by atoms with Crippen molar-refractivity contribution in [2.24, 2.45) is 5.41 Å². The number of nitrogen functional groups attached to an aromatic ring is 1. The van der Waals surface area contributed by atoms with Crippen LogP contribution in [0.4, 0.5) is 5.69 Å². The molecule has 2 N–H and O–H groups in total. The van der Waals surface area contributed by atoms with Crippen molar-refractivity contribution in [3.05, 3.63) is 29.8 Å². The van der Waals surface area contributed by atoms with Gasteiger partial charge in [0.15, 0.2) is 0 Å². The topological polar surface area (TPSA) is 53.0 Å². The Kier molecular flexibility index (Phi) is 5.85. The molecule has 0 saturated carbocycles. The summed E-state index contributed by atoms with van der Waals surface area (Å²) < 4.78 is 0. The van der Waals surface area contributed by atoms with Gasteiger partial charge in [-0.3, -0.25) is 0 Å². The fraction of sp³-hybridized carbons (Fsp3) is 0.562. The molecule has 3 heteroatoms. The number of nitrogens with zero attached hydrogens (tertiary/aromatic N) is 2. The molecule has 0 saturated heterocycles. The summed E-state index contributed by atoms with van der Waals surface area (Å²) >= 11 is 0. The van der Waals surface area contributed by atoms with Crippen molar-refractivity contribution in [1.29, 1.82) is 5.26 Å². The second-order valence-electron chi connectivity index (χ2n) is 5.93. The summed E-state index contributed by atoms with van der Waals surface area (Å²) in [5, 5.41) is 8.95. The van der Waals surface area contributed by atoms with Crippen LogP contribution >= 0.6 is 0 Å². The predicted molar refractivity (Wildman–Crippen MR) is 80.4 cm³/mol. The first-order valence-corrected chi connectivity index (χ1v) is 6.87. The molecule has 0 bridgehead atoms. The van der Waals surface area contributed by atoms with E-state index in [-0.39, 0.29) is 5.41 Å². The Bertz CT molecular complexity index is 415. The standard InChI is InChI=1S/C16H25N3/c1-16(2,13-17)10-4-5-11-19(3)12-14-6-8-15(18)9-7-14/h6-9H,4-5,10-12,18H2,1-3H3. The highest BCUT2D eigenvalue weighted by molar-refractivity contribution is 5.39. The van der Waals surface area contributed by atoms with Crippen LogP contribution in [-0.2, 0) is 6.54 Å². The molecule has 0 unspecified atom stereocenters. The number of nitrogens with two attached hydrogens (primary N) is 1. The minimum absolute atomic E-state index is 0.185. The zero-order chi connectivity index (χ0) is 14.3. The molecule has 0 aromatic heterocycles. The van der Waals surface area contributed by atoms with E-state index in [1.54, 1.807) is 0 Å². The summed E-state index contributed by atoms with van der Waals surface area (Å²) in [7, 11) is 2.13. The molecule has 0 spiro atoms. The second kappa shape index (κ2) is 7.16. The number of rotatable bonds is 7. The number of unbranched alkanes of at least 4 members (excludes halogenated alkanes) is 1. The lowest BCUT2D eigenvalue weighted by Gasteiger charge is -2.18. The molecule has 0 aliphatic heterocycles. The van der Waals surface area contributed by atoms with E-state index in [1.807, 2.05) is 26.0 Å². The molecular formula is C16H25N3. The predicted octanol–water partition coefficient (Wildman–Crippen LogP) is 3.42. The summed E-state index contributed by atoms with van der Waals surface area (Å²) in [5.74, 6) is 0. The number of benzene rings is 1. The zero-order valence-electron chi connectivity index (χ0n) is 12.3. The minimum atomic E-state index is -0.185. The number of anilines is 1. The fourth-order valence-corrected chi connectivity index (χ4v) is 2.02. The average Bonchev–Trinajstić information content (AvgIpc) is 2.38. The van der Waals surface area contributed by atoms with Crippen LogP contribution in [0.15, 0.2) is 24.3 Å². The van der Waals surface area contributed by atoms with Gasteiger partial charge in [-0.05, 0) is 58.0 Å². The van der Waals surface area contributed by atoms with Crippen molar-refractivity contribution < 1.29 is 0 Å². The van der Waals surface area contributed by atoms with E-state index in [1.165, 1.54) is 5.56 Å². The number of nitriles is 1. The maximum absolute atomic E-state index is 8.95. The summed E-state index contributed by atoms with van der Waals surface area (Å²) in [5.41, 5.74) is 7.58. The summed E-state index contributed by atoms with van der Waals surface area (Å²) in [4.78, 5) is 2.31. The monoisotopic (exact) mass is 259 g/mol. The highest BCUT2D eigenvalue weighted by Gasteiger charge is 2.15. The van der Waals surface area contributed by atoms with Gasteiger partial charge in [0.1, 0.15) is 0 Å². The molecule has 0 aliphatic rings. The SMILES string of the molecule is CN(CCCCC(C)(C)C#N)Cc1ccc(N)cc1. The molecular weight excluding hydrogens is 234 g/mol. The third-order valence-corrected chi connectivity index (χ3v) is 3.33. The fourth-order valence-electron chi connectivity index (χ4n) is 2.02. The van der Waals surface area contributed by atoms with Crippen LogP contribution in [0.3, 0.4) is 0 Å². The first kappa shape index (κ1) is 15.5. The molecule has 0 atom stereocenters. The highest BCUT2D eigenvalue weighted by Crippen LogP contribution is 2.21. The van der Waals surface area contributed by atoms with Gasteiger partial charge >= 0.3 is 0 Å². The Morgan fingerprint density at radius 2 is 1.84 bits per heavy atom. The van der Waals surface area contributed by atoms with Gasteiger partial charge in [-0.2, -0.15) is 5.26 Å². The molecule has 0 aliphatic carbocycles. The van der Waals surface area contributed by atoms with E-state index in [9.17, 15) is 0 Å². The van der Waals surface area contributed by atoms with Crippen LogP contribution in [0.25, 0.3) is 0 Å². The van der Waals surface area contributed by atoms with Crippen molar-refractivity contribution >= 4 is 5.69 Å². The van der Waals surface area contributed by atoms with Gasteiger partial charge in [-0.1, -0.05) is 18.6 Å². The maximum atomic E-state index is 8.95. The Morgan fingerprint density at radius 1 is 1.21 bits per heavy atom. The lowest BCUT2D eigenvalue weighted by molar-refractivity contribution is 0.307. The molecule has 0 radical (unpaired) electrons. The quantitative estimate of drug-likeness (QED) is 0.603. The van der Waals surface area contributed by atoms with Crippen LogP contribution in [0, 0.1) is 16.7 Å². The maximum Gasteiger partial charge on any atom is 0.0683 e. The third kappa shape index (κ3) is 6.26. The van der Waals surface area contributed by atoms with Crippen molar-refractivity contribution in [1.82, 2.24) is 4.90 Å². The van der Waals surface area contributed by atoms with E-state index in [2.05, 4.69) is 30.1 Å². The van der Waals surface area contributed by atoms with Crippen molar-refractivity contribution in [2.45, 2.75) is 39.7 Å². The smallest absolute Gasteiger partial charge is 0.0683 e. The molecule has 3 nitrogen and oxygen atoms in total. The molecule has 0 heterocycles. The van der Waals surface area contributed by atoms with E-state index in [4.69, 9.17) is 11.0 Å².